The number of nitrogens with two attached hydrogens (primary N) is 1. The number of hydrogen-bond donors (Lipinski definition) is 3. The van der Waals surface area contributed by atoms with Crippen LogP contribution in [-0.2, 0) is 9.53 Å². The zero-order chi connectivity index (χ0) is 15.9. The van der Waals surface area contributed by atoms with Gasteiger partial charge in [0.2, 0.25) is 5.91 Å². The summed E-state index contributed by atoms with van der Waals surface area (Å²) in [5, 5.41) is 5.28. The number of anilines is 1. The van der Waals surface area contributed by atoms with Crippen LogP contribution >= 0.6 is 0 Å². The maximum absolute atomic E-state index is 11.8. The maximum atomic E-state index is 11.8. The third kappa shape index (κ3) is 6.27. The Morgan fingerprint density at radius 1 is 1.19 bits per heavy atom. The van der Waals surface area contributed by atoms with Crippen molar-refractivity contribution in [1.29, 1.82) is 0 Å². The molecule has 0 radical (unpaired) electrons. The van der Waals surface area contributed by atoms with E-state index in [0.29, 0.717) is 24.4 Å². The van der Waals surface area contributed by atoms with Crippen LogP contribution in [-0.4, -0.2) is 37.1 Å². The van der Waals surface area contributed by atoms with E-state index >= 15 is 0 Å². The van der Waals surface area contributed by atoms with Crippen LogP contribution in [0.4, 0.5) is 5.69 Å². The van der Waals surface area contributed by atoms with Crippen molar-refractivity contribution in [2.45, 2.75) is 26.4 Å². The molecule has 0 atom stereocenters. The van der Waals surface area contributed by atoms with Gasteiger partial charge in [-0.25, -0.2) is 0 Å². The van der Waals surface area contributed by atoms with Gasteiger partial charge in [-0.05, 0) is 45.0 Å². The largest absolute Gasteiger partial charge is 0.399 e. The van der Waals surface area contributed by atoms with Gasteiger partial charge in [-0.3, -0.25) is 9.59 Å². The second-order valence-electron chi connectivity index (χ2n) is 5.27. The Morgan fingerprint density at radius 2 is 1.81 bits per heavy atom. The summed E-state index contributed by atoms with van der Waals surface area (Å²) in [7, 11) is 0. The molecule has 0 heterocycles. The quantitative estimate of drug-likeness (QED) is 0.652. The van der Waals surface area contributed by atoms with E-state index in [2.05, 4.69) is 10.6 Å². The zero-order valence-corrected chi connectivity index (χ0v) is 12.7. The van der Waals surface area contributed by atoms with E-state index in [0.717, 1.165) is 0 Å². The highest BCUT2D eigenvalue weighted by Crippen LogP contribution is 2.06. The number of benzene rings is 1. The number of rotatable bonds is 7. The second-order valence-corrected chi connectivity index (χ2v) is 5.27. The van der Waals surface area contributed by atoms with Crippen molar-refractivity contribution >= 4 is 17.5 Å². The minimum atomic E-state index is -0.425. The van der Waals surface area contributed by atoms with E-state index < -0.39 is 5.60 Å². The predicted octanol–water partition coefficient (Wildman–Crippen LogP) is 0.930. The summed E-state index contributed by atoms with van der Waals surface area (Å²) in [5.74, 6) is -0.569. The lowest BCUT2D eigenvalue weighted by Gasteiger charge is -2.24. The van der Waals surface area contributed by atoms with Gasteiger partial charge in [-0.1, -0.05) is 0 Å². The van der Waals surface area contributed by atoms with Gasteiger partial charge in [0.15, 0.2) is 0 Å². The first-order chi connectivity index (χ1) is 9.84. The molecule has 0 bridgehead atoms. The van der Waals surface area contributed by atoms with Gasteiger partial charge in [0, 0.05) is 24.4 Å². The molecule has 6 nitrogen and oxygen atoms in total. The molecule has 0 aliphatic carbocycles. The van der Waals surface area contributed by atoms with Crippen LogP contribution in [0.2, 0.25) is 0 Å². The van der Waals surface area contributed by atoms with E-state index in [1.54, 1.807) is 24.3 Å². The average Bonchev–Trinajstić information content (AvgIpc) is 2.43. The zero-order valence-electron chi connectivity index (χ0n) is 12.7. The molecule has 1 aromatic carbocycles. The van der Waals surface area contributed by atoms with Crippen LogP contribution < -0.4 is 16.4 Å². The first-order valence-corrected chi connectivity index (χ1v) is 6.88. The van der Waals surface area contributed by atoms with Crippen LogP contribution in [0.25, 0.3) is 0 Å². The fourth-order valence-electron chi connectivity index (χ4n) is 1.71. The highest BCUT2D eigenvalue weighted by atomic mass is 16.5. The average molecular weight is 293 g/mol. The van der Waals surface area contributed by atoms with Crippen LogP contribution in [0.5, 0.6) is 0 Å². The van der Waals surface area contributed by atoms with E-state index in [1.165, 1.54) is 0 Å². The summed E-state index contributed by atoms with van der Waals surface area (Å²) in [6.45, 7) is 6.57. The molecule has 1 aromatic rings. The van der Waals surface area contributed by atoms with Gasteiger partial charge in [-0.2, -0.15) is 0 Å². The Hall–Kier alpha value is -2.08. The Labute approximate surface area is 125 Å². The van der Waals surface area contributed by atoms with Crippen molar-refractivity contribution < 1.29 is 14.3 Å². The molecular weight excluding hydrogens is 270 g/mol. The summed E-state index contributed by atoms with van der Waals surface area (Å²) < 4.78 is 5.47. The van der Waals surface area contributed by atoms with Crippen LogP contribution in [0.3, 0.4) is 0 Å². The number of amides is 2. The van der Waals surface area contributed by atoms with Crippen molar-refractivity contribution in [2.75, 3.05) is 25.4 Å². The molecule has 0 spiro atoms. The van der Waals surface area contributed by atoms with Crippen LogP contribution in [0, 0.1) is 0 Å². The maximum Gasteiger partial charge on any atom is 0.251 e. The Morgan fingerprint density at radius 3 is 2.38 bits per heavy atom. The van der Waals surface area contributed by atoms with Gasteiger partial charge < -0.3 is 21.1 Å². The molecule has 0 saturated carbocycles. The third-order valence-corrected chi connectivity index (χ3v) is 2.83. The summed E-state index contributed by atoms with van der Waals surface area (Å²) in [5.41, 5.74) is 6.17. The minimum Gasteiger partial charge on any atom is -0.399 e. The van der Waals surface area contributed by atoms with E-state index in [4.69, 9.17) is 10.5 Å². The molecule has 0 saturated heterocycles. The highest BCUT2D eigenvalue weighted by Gasteiger charge is 2.18. The summed E-state index contributed by atoms with van der Waals surface area (Å²) in [6, 6.07) is 6.50. The first-order valence-electron chi connectivity index (χ1n) is 6.88. The van der Waals surface area contributed by atoms with E-state index in [9.17, 15) is 9.59 Å². The van der Waals surface area contributed by atoms with Gasteiger partial charge in [0.1, 0.15) is 0 Å². The molecule has 2 amide bonds. The highest BCUT2D eigenvalue weighted by molar-refractivity contribution is 5.96. The van der Waals surface area contributed by atoms with E-state index in [-0.39, 0.29) is 18.4 Å². The lowest BCUT2D eigenvalue weighted by molar-refractivity contribution is -0.121. The molecule has 0 aromatic heterocycles. The number of carbonyl (C=O) groups excluding carboxylic acids is 2. The monoisotopic (exact) mass is 293 g/mol. The van der Waals surface area contributed by atoms with Gasteiger partial charge >= 0.3 is 0 Å². The predicted molar refractivity (Wildman–Crippen MR) is 81.9 cm³/mol. The fourth-order valence-corrected chi connectivity index (χ4v) is 1.71. The molecular formula is C15H23N3O3. The SMILES string of the molecule is CCOC(C)(C)CNC(=O)CNC(=O)c1ccc(N)cc1. The van der Waals surface area contributed by atoms with E-state index in [1.807, 2.05) is 20.8 Å². The van der Waals surface area contributed by atoms with Crippen molar-refractivity contribution in [3.8, 4) is 0 Å². The second kappa shape index (κ2) is 7.64. The van der Waals surface area contributed by atoms with Crippen LogP contribution in [0.15, 0.2) is 24.3 Å². The van der Waals surface area contributed by atoms with Crippen molar-refractivity contribution in [3.05, 3.63) is 29.8 Å². The molecule has 4 N–H and O–H groups in total. The first kappa shape index (κ1) is 17.0. The fraction of sp³-hybridized carbons (Fsp3) is 0.467. The summed E-state index contributed by atoms with van der Waals surface area (Å²) >= 11 is 0. The Balaban J connectivity index is 2.36. The topological polar surface area (TPSA) is 93.5 Å². The van der Waals surface area contributed by atoms with Crippen molar-refractivity contribution in [2.24, 2.45) is 0 Å². The normalized spacial score (nSPS) is 11.0. The molecule has 0 aliphatic heterocycles. The molecule has 0 unspecified atom stereocenters. The minimum absolute atomic E-state index is 0.0780. The Bertz CT molecular complexity index is 483. The molecule has 21 heavy (non-hydrogen) atoms. The van der Waals surface area contributed by atoms with Crippen molar-refractivity contribution in [1.82, 2.24) is 10.6 Å². The Kier molecular flexibility index (Phi) is 6.17. The number of hydrogen-bond acceptors (Lipinski definition) is 4. The third-order valence-electron chi connectivity index (χ3n) is 2.83. The van der Waals surface area contributed by atoms with Crippen LogP contribution in [0.1, 0.15) is 31.1 Å². The van der Waals surface area contributed by atoms with Gasteiger partial charge in [0.05, 0.1) is 12.1 Å². The number of ether oxygens (including phenoxy) is 1. The number of carbonyl (C=O) groups is 2. The molecule has 116 valence electrons. The lowest BCUT2D eigenvalue weighted by atomic mass is 10.1. The van der Waals surface area contributed by atoms with Gasteiger partial charge in [-0.15, -0.1) is 0 Å². The molecule has 1 rings (SSSR count). The number of nitrogens with one attached hydrogen (secondary N) is 2. The smallest absolute Gasteiger partial charge is 0.251 e. The number of nitrogen functional groups attached to an aromatic ring is 1. The van der Waals surface area contributed by atoms with Gasteiger partial charge in [0.25, 0.3) is 5.91 Å². The molecule has 0 fully saturated rings. The standard InChI is InChI=1S/C15H23N3O3/c1-4-21-15(2,3)10-18-13(19)9-17-14(20)11-5-7-12(16)8-6-11/h5-8H,4,9-10,16H2,1-3H3,(H,17,20)(H,18,19). The lowest BCUT2D eigenvalue weighted by Crippen LogP contribution is -2.44. The molecule has 6 heteroatoms. The molecule has 0 aliphatic rings. The summed E-state index contributed by atoms with van der Waals surface area (Å²) in [4.78, 5) is 23.5. The van der Waals surface area contributed by atoms with Crippen molar-refractivity contribution in [3.63, 3.8) is 0 Å². The summed E-state index contributed by atoms with van der Waals surface area (Å²) in [6.07, 6.45) is 0.